The summed E-state index contributed by atoms with van der Waals surface area (Å²) in [5, 5.41) is 0. The number of aromatic nitrogens is 2. The van der Waals surface area contributed by atoms with E-state index in [0.29, 0.717) is 23.6 Å². The average molecular weight is 381 g/mol. The van der Waals surface area contributed by atoms with Crippen molar-refractivity contribution < 1.29 is 9.53 Å². The normalized spacial score (nSPS) is 23.0. The number of hydrogen-bond donors (Lipinski definition) is 2. The molecule has 2 N–H and O–H groups in total. The lowest BCUT2D eigenvalue weighted by Gasteiger charge is -2.36. The van der Waals surface area contributed by atoms with Crippen LogP contribution in [0.25, 0.3) is 0 Å². The molecule has 1 aromatic carbocycles. The quantitative estimate of drug-likeness (QED) is 0.842. The van der Waals surface area contributed by atoms with Crippen LogP contribution in [0.2, 0.25) is 0 Å². The second-order valence-corrected chi connectivity index (χ2v) is 7.61. The van der Waals surface area contributed by atoms with Gasteiger partial charge in [0.1, 0.15) is 11.4 Å². The van der Waals surface area contributed by atoms with Crippen molar-refractivity contribution in [3.8, 4) is 5.75 Å². The second kappa shape index (κ2) is 8.24. The van der Waals surface area contributed by atoms with E-state index in [1.807, 2.05) is 24.0 Å². The van der Waals surface area contributed by atoms with Crippen LogP contribution in [-0.2, 0) is 0 Å². The molecule has 1 aromatic heterocycles. The van der Waals surface area contributed by atoms with Crippen LogP contribution in [0, 0.1) is 12.8 Å². The molecule has 0 aliphatic carbocycles. The van der Waals surface area contributed by atoms with E-state index < -0.39 is 0 Å². The van der Waals surface area contributed by atoms with Gasteiger partial charge in [-0.3, -0.25) is 20.6 Å². The summed E-state index contributed by atoms with van der Waals surface area (Å²) in [6.45, 7) is 4.27. The summed E-state index contributed by atoms with van der Waals surface area (Å²) in [5.41, 5.74) is 9.34. The van der Waals surface area contributed by atoms with Gasteiger partial charge in [-0.1, -0.05) is 12.1 Å². The van der Waals surface area contributed by atoms with E-state index in [9.17, 15) is 4.79 Å². The maximum atomic E-state index is 12.7. The van der Waals surface area contributed by atoms with Crippen LogP contribution in [0.4, 0.5) is 0 Å². The molecule has 2 saturated heterocycles. The molecule has 2 aromatic rings. The van der Waals surface area contributed by atoms with Crippen LogP contribution >= 0.6 is 0 Å². The topological polar surface area (TPSA) is 79.4 Å². The minimum atomic E-state index is -0.0206. The van der Waals surface area contributed by atoms with Gasteiger partial charge in [-0.2, -0.15) is 0 Å². The zero-order valence-electron chi connectivity index (χ0n) is 16.4. The van der Waals surface area contributed by atoms with Crippen LogP contribution in [0.1, 0.15) is 40.5 Å². The number of aryl methyl sites for hydroxylation is 1. The molecular weight excluding hydrogens is 354 g/mol. The molecule has 7 nitrogen and oxygen atoms in total. The molecule has 0 bridgehead atoms. The molecule has 7 heteroatoms. The number of carbonyl (C=O) groups is 1. The number of amides is 1. The van der Waals surface area contributed by atoms with E-state index in [0.717, 1.165) is 43.9 Å². The van der Waals surface area contributed by atoms with E-state index in [1.54, 1.807) is 19.5 Å². The van der Waals surface area contributed by atoms with Gasteiger partial charge in [-0.25, -0.2) is 4.98 Å². The molecule has 2 aliphatic rings. The van der Waals surface area contributed by atoms with Gasteiger partial charge in [0.05, 0.1) is 19.0 Å². The number of hydrogen-bond acceptors (Lipinski definition) is 6. The number of nitrogens with zero attached hydrogens (tertiary/aromatic N) is 3. The van der Waals surface area contributed by atoms with Gasteiger partial charge >= 0.3 is 0 Å². The van der Waals surface area contributed by atoms with E-state index >= 15 is 0 Å². The van der Waals surface area contributed by atoms with Crippen LogP contribution in [-0.4, -0.2) is 53.6 Å². The number of methoxy groups -OCH3 is 1. The minimum Gasteiger partial charge on any atom is -0.497 e. The molecule has 2 atom stereocenters. The molecule has 0 radical (unpaired) electrons. The third-order valence-electron chi connectivity index (χ3n) is 5.88. The largest absolute Gasteiger partial charge is 0.497 e. The molecule has 0 spiro atoms. The first kappa shape index (κ1) is 18.8. The summed E-state index contributed by atoms with van der Waals surface area (Å²) in [6, 6.07) is 8.67. The average Bonchev–Trinajstić information content (AvgIpc) is 3.24. The summed E-state index contributed by atoms with van der Waals surface area (Å²) < 4.78 is 5.39. The molecule has 2 fully saturated rings. The van der Waals surface area contributed by atoms with E-state index in [4.69, 9.17) is 4.74 Å². The highest BCUT2D eigenvalue weighted by atomic mass is 16.5. The van der Waals surface area contributed by atoms with Crippen LogP contribution in [0.15, 0.2) is 36.7 Å². The number of piperidine rings is 1. The first-order chi connectivity index (χ1) is 13.7. The van der Waals surface area contributed by atoms with Crippen molar-refractivity contribution in [2.45, 2.75) is 31.7 Å². The van der Waals surface area contributed by atoms with Crippen LogP contribution in [0.5, 0.6) is 5.75 Å². The third kappa shape index (κ3) is 3.86. The van der Waals surface area contributed by atoms with Crippen molar-refractivity contribution >= 4 is 5.91 Å². The Morgan fingerprint density at radius 3 is 2.75 bits per heavy atom. The van der Waals surface area contributed by atoms with Gasteiger partial charge in [0.25, 0.3) is 5.91 Å². The Labute approximate surface area is 165 Å². The first-order valence-electron chi connectivity index (χ1n) is 9.86. The van der Waals surface area contributed by atoms with Crippen LogP contribution in [0.3, 0.4) is 0 Å². The summed E-state index contributed by atoms with van der Waals surface area (Å²) in [5.74, 6) is 1.78. The van der Waals surface area contributed by atoms with E-state index in [-0.39, 0.29) is 5.91 Å². The standard InChI is InChI=1S/C21H27N5O2/c1-14-11-23-19(13-22-14)21(27)26-8-6-15(7-9-26)20-18(12-24-25-20)16-4-3-5-17(10-16)28-2/h3-5,10-11,13,15,18,20,24-25H,6-9,12H2,1-2H3. The maximum absolute atomic E-state index is 12.7. The molecule has 0 saturated carbocycles. The summed E-state index contributed by atoms with van der Waals surface area (Å²) in [4.78, 5) is 23.0. The van der Waals surface area contributed by atoms with Gasteiger partial charge in [-0.05, 0) is 43.4 Å². The highest BCUT2D eigenvalue weighted by molar-refractivity contribution is 5.92. The highest BCUT2D eigenvalue weighted by Gasteiger charge is 2.37. The van der Waals surface area contributed by atoms with Crippen LogP contribution < -0.4 is 15.6 Å². The molecule has 2 aliphatic heterocycles. The number of hydrazine groups is 1. The SMILES string of the molecule is COc1cccc(C2CNNC2C2CCN(C(=O)c3cnc(C)cn3)CC2)c1. The fourth-order valence-corrected chi connectivity index (χ4v) is 4.28. The molecular formula is C21H27N5O2. The fraction of sp³-hybridized carbons (Fsp3) is 0.476. The third-order valence-corrected chi connectivity index (χ3v) is 5.88. The highest BCUT2D eigenvalue weighted by Crippen LogP contribution is 2.33. The second-order valence-electron chi connectivity index (χ2n) is 7.61. The predicted octanol–water partition coefficient (Wildman–Crippen LogP) is 1.91. The molecule has 2 unspecified atom stereocenters. The van der Waals surface area contributed by atoms with Gasteiger partial charge in [0, 0.05) is 37.8 Å². The summed E-state index contributed by atoms with van der Waals surface area (Å²) in [7, 11) is 1.70. The number of likely N-dealkylation sites (tertiary alicyclic amines) is 1. The van der Waals surface area contributed by atoms with Crippen molar-refractivity contribution in [3.05, 3.63) is 53.6 Å². The fourth-order valence-electron chi connectivity index (χ4n) is 4.28. The van der Waals surface area contributed by atoms with Crippen molar-refractivity contribution in [2.75, 3.05) is 26.7 Å². The predicted molar refractivity (Wildman–Crippen MR) is 106 cm³/mol. The number of ether oxygens (including phenoxy) is 1. The Kier molecular flexibility index (Phi) is 5.54. The zero-order chi connectivity index (χ0) is 19.5. The molecule has 1 amide bonds. The maximum Gasteiger partial charge on any atom is 0.274 e. The Morgan fingerprint density at radius 2 is 2.04 bits per heavy atom. The molecule has 148 valence electrons. The number of nitrogens with one attached hydrogen (secondary N) is 2. The van der Waals surface area contributed by atoms with E-state index in [1.165, 1.54) is 5.56 Å². The van der Waals surface area contributed by atoms with Gasteiger partial charge < -0.3 is 9.64 Å². The van der Waals surface area contributed by atoms with E-state index in [2.05, 4.69) is 33.0 Å². The van der Waals surface area contributed by atoms with Crippen molar-refractivity contribution in [2.24, 2.45) is 5.92 Å². The Morgan fingerprint density at radius 1 is 1.21 bits per heavy atom. The monoisotopic (exact) mass is 381 g/mol. The summed E-state index contributed by atoms with van der Waals surface area (Å²) in [6.07, 6.45) is 5.17. The molecule has 4 rings (SSSR count). The number of carbonyl (C=O) groups excluding carboxylic acids is 1. The molecule has 3 heterocycles. The smallest absolute Gasteiger partial charge is 0.274 e. The Balaban J connectivity index is 1.40. The van der Waals surface area contributed by atoms with Crippen molar-refractivity contribution in [3.63, 3.8) is 0 Å². The lowest BCUT2D eigenvalue weighted by molar-refractivity contribution is 0.0663. The summed E-state index contributed by atoms with van der Waals surface area (Å²) >= 11 is 0. The number of benzene rings is 1. The van der Waals surface area contributed by atoms with Gasteiger partial charge in [0.2, 0.25) is 0 Å². The lowest BCUT2D eigenvalue weighted by Crippen LogP contribution is -2.46. The lowest BCUT2D eigenvalue weighted by atomic mass is 9.80. The first-order valence-corrected chi connectivity index (χ1v) is 9.86. The molecule has 28 heavy (non-hydrogen) atoms. The van der Waals surface area contributed by atoms with Crippen molar-refractivity contribution in [1.82, 2.24) is 25.7 Å². The minimum absolute atomic E-state index is 0.0206. The number of rotatable bonds is 4. The van der Waals surface area contributed by atoms with Gasteiger partial charge in [0.15, 0.2) is 0 Å². The Bertz CT molecular complexity index is 818. The van der Waals surface area contributed by atoms with Gasteiger partial charge in [-0.15, -0.1) is 0 Å². The zero-order valence-corrected chi connectivity index (χ0v) is 16.4. The van der Waals surface area contributed by atoms with Crippen molar-refractivity contribution in [1.29, 1.82) is 0 Å². The Hall–Kier alpha value is -2.51.